The summed E-state index contributed by atoms with van der Waals surface area (Å²) in [7, 11) is 0. The number of aromatic nitrogens is 4. The monoisotopic (exact) mass is 336 g/mol. The second kappa shape index (κ2) is 6.09. The number of nitrogens with zero attached hydrogens (tertiary/aromatic N) is 3. The average Bonchev–Trinajstić information content (AvgIpc) is 3.25. The Balaban J connectivity index is 1.49. The van der Waals surface area contributed by atoms with Crippen molar-refractivity contribution in [1.29, 1.82) is 0 Å². The lowest BCUT2D eigenvalue weighted by Gasteiger charge is -2.06. The molecule has 0 bridgehead atoms. The Hall–Kier alpha value is -3.26. The molecule has 0 atom stereocenters. The van der Waals surface area contributed by atoms with Crippen LogP contribution in [0.25, 0.3) is 21.6 Å². The van der Waals surface area contributed by atoms with Gasteiger partial charge in [0, 0.05) is 23.3 Å². The number of anilines is 2. The molecule has 3 N–H and O–H groups in total. The summed E-state index contributed by atoms with van der Waals surface area (Å²) in [6.07, 6.45) is 5.01. The summed E-state index contributed by atoms with van der Waals surface area (Å²) in [5.41, 5.74) is 3.17. The molecule has 3 aromatic heterocycles. The molecule has 4 rings (SSSR count). The van der Waals surface area contributed by atoms with Gasteiger partial charge in [-0.3, -0.25) is 10.3 Å². The van der Waals surface area contributed by atoms with Crippen molar-refractivity contribution in [3.8, 4) is 10.6 Å². The van der Waals surface area contributed by atoms with Crippen molar-refractivity contribution in [3.05, 3.63) is 54.4 Å². The summed E-state index contributed by atoms with van der Waals surface area (Å²) >= 11 is 1.46. The van der Waals surface area contributed by atoms with Gasteiger partial charge >= 0.3 is 6.03 Å². The third-order valence-corrected chi connectivity index (χ3v) is 4.26. The van der Waals surface area contributed by atoms with E-state index >= 15 is 0 Å². The molecule has 24 heavy (non-hydrogen) atoms. The number of benzene rings is 1. The Bertz CT molecular complexity index is 994. The minimum atomic E-state index is -0.364. The predicted octanol–water partition coefficient (Wildman–Crippen LogP) is 3.73. The molecular weight excluding hydrogens is 324 g/mol. The van der Waals surface area contributed by atoms with E-state index in [4.69, 9.17) is 0 Å². The molecule has 0 saturated heterocycles. The van der Waals surface area contributed by atoms with Crippen LogP contribution in [-0.4, -0.2) is 26.0 Å². The fourth-order valence-corrected chi connectivity index (χ4v) is 3.05. The number of para-hydroxylation sites is 1. The summed E-state index contributed by atoms with van der Waals surface area (Å²) in [6.45, 7) is 0. The highest BCUT2D eigenvalue weighted by Crippen LogP contribution is 2.25. The highest BCUT2D eigenvalue weighted by Gasteiger charge is 2.10. The Kier molecular flexibility index (Phi) is 3.64. The zero-order valence-corrected chi connectivity index (χ0v) is 13.2. The third kappa shape index (κ3) is 2.82. The smallest absolute Gasteiger partial charge is 0.324 e. The summed E-state index contributed by atoms with van der Waals surface area (Å²) in [6, 6.07) is 8.93. The molecule has 1 aromatic carbocycles. The summed E-state index contributed by atoms with van der Waals surface area (Å²) in [5.74, 6) is 0.499. The number of hydrogen-bond donors (Lipinski definition) is 3. The van der Waals surface area contributed by atoms with Gasteiger partial charge in [-0.05, 0) is 24.3 Å². The maximum atomic E-state index is 12.2. The van der Waals surface area contributed by atoms with Crippen molar-refractivity contribution < 1.29 is 4.79 Å². The number of rotatable bonds is 3. The Morgan fingerprint density at radius 3 is 2.88 bits per heavy atom. The maximum absolute atomic E-state index is 12.2. The zero-order chi connectivity index (χ0) is 16.4. The SMILES string of the molecule is O=C(Nc1csc(-c2ccncc2)n1)Nc1cccc2[nH]cnc12. The van der Waals surface area contributed by atoms with E-state index in [2.05, 4.69) is 30.6 Å². The molecule has 8 heteroatoms. The molecular formula is C16H12N6OS. The second-order valence-corrected chi connectivity index (χ2v) is 5.82. The van der Waals surface area contributed by atoms with Crippen LogP contribution in [0.3, 0.4) is 0 Å². The van der Waals surface area contributed by atoms with Gasteiger partial charge in [0.25, 0.3) is 0 Å². The molecule has 3 heterocycles. The van der Waals surface area contributed by atoms with Crippen molar-refractivity contribution in [2.24, 2.45) is 0 Å². The van der Waals surface area contributed by atoms with Crippen molar-refractivity contribution in [3.63, 3.8) is 0 Å². The third-order valence-electron chi connectivity index (χ3n) is 3.37. The number of aromatic amines is 1. The van der Waals surface area contributed by atoms with E-state index < -0.39 is 0 Å². The maximum Gasteiger partial charge on any atom is 0.324 e. The minimum Gasteiger partial charge on any atom is -0.345 e. The van der Waals surface area contributed by atoms with E-state index in [1.165, 1.54) is 11.3 Å². The number of hydrogen-bond acceptors (Lipinski definition) is 5. The number of amides is 2. The number of carbonyl (C=O) groups is 1. The average molecular weight is 336 g/mol. The van der Waals surface area contributed by atoms with Gasteiger partial charge in [0.15, 0.2) is 0 Å². The second-order valence-electron chi connectivity index (χ2n) is 4.96. The molecule has 0 aliphatic carbocycles. The van der Waals surface area contributed by atoms with Crippen molar-refractivity contribution >= 4 is 39.9 Å². The normalized spacial score (nSPS) is 10.7. The van der Waals surface area contributed by atoms with Crippen LogP contribution in [-0.2, 0) is 0 Å². The lowest BCUT2D eigenvalue weighted by molar-refractivity contribution is 0.262. The topological polar surface area (TPSA) is 95.6 Å². The summed E-state index contributed by atoms with van der Waals surface area (Å²) in [5, 5.41) is 8.14. The Morgan fingerprint density at radius 1 is 1.12 bits per heavy atom. The van der Waals surface area contributed by atoms with Crippen molar-refractivity contribution in [2.75, 3.05) is 10.6 Å². The number of fused-ring (bicyclic) bond motifs is 1. The van der Waals surface area contributed by atoms with Gasteiger partial charge in [-0.15, -0.1) is 11.3 Å². The molecule has 2 amide bonds. The van der Waals surface area contributed by atoms with Gasteiger partial charge < -0.3 is 10.3 Å². The number of pyridine rings is 1. The number of nitrogens with one attached hydrogen (secondary N) is 3. The van der Waals surface area contributed by atoms with Crippen LogP contribution < -0.4 is 10.6 Å². The predicted molar refractivity (Wildman–Crippen MR) is 94.1 cm³/mol. The van der Waals surface area contributed by atoms with E-state index in [1.807, 2.05) is 24.3 Å². The molecule has 7 nitrogen and oxygen atoms in total. The van der Waals surface area contributed by atoms with E-state index in [0.717, 1.165) is 16.1 Å². The Labute approximate surface area is 140 Å². The van der Waals surface area contributed by atoms with Crippen LogP contribution in [0, 0.1) is 0 Å². The first-order valence-corrected chi connectivity index (χ1v) is 8.03. The highest BCUT2D eigenvalue weighted by molar-refractivity contribution is 7.13. The molecule has 0 aliphatic rings. The standard InChI is InChI=1S/C16H12N6OS/c23-16(20-12-3-1-2-11-14(12)19-9-18-11)22-13-8-24-15(21-13)10-4-6-17-7-5-10/h1-9H,(H,18,19)(H2,20,22,23). The van der Waals surface area contributed by atoms with Gasteiger partial charge in [0.05, 0.1) is 17.5 Å². The minimum absolute atomic E-state index is 0.364. The number of carbonyl (C=O) groups excluding carboxylic acids is 1. The van der Waals surface area contributed by atoms with Crippen LogP contribution in [0.1, 0.15) is 0 Å². The van der Waals surface area contributed by atoms with Crippen molar-refractivity contribution in [2.45, 2.75) is 0 Å². The number of urea groups is 1. The van der Waals surface area contributed by atoms with Crippen LogP contribution in [0.15, 0.2) is 54.4 Å². The molecule has 0 radical (unpaired) electrons. The number of H-pyrrole nitrogens is 1. The van der Waals surface area contributed by atoms with Crippen LogP contribution in [0.2, 0.25) is 0 Å². The summed E-state index contributed by atoms with van der Waals surface area (Å²) in [4.78, 5) is 27.8. The first kappa shape index (κ1) is 14.3. The molecule has 0 spiro atoms. The van der Waals surface area contributed by atoms with Crippen LogP contribution in [0.4, 0.5) is 16.3 Å². The van der Waals surface area contributed by atoms with Gasteiger partial charge in [0.1, 0.15) is 16.3 Å². The van der Waals surface area contributed by atoms with E-state index in [-0.39, 0.29) is 6.03 Å². The molecule has 0 unspecified atom stereocenters. The summed E-state index contributed by atoms with van der Waals surface area (Å²) < 4.78 is 0. The van der Waals surface area contributed by atoms with Gasteiger partial charge in [0.2, 0.25) is 0 Å². The number of thiazole rings is 1. The fraction of sp³-hybridized carbons (Fsp3) is 0. The molecule has 0 fully saturated rings. The van der Waals surface area contributed by atoms with Gasteiger partial charge in [-0.2, -0.15) is 0 Å². The van der Waals surface area contributed by atoms with Crippen LogP contribution >= 0.6 is 11.3 Å². The van der Waals surface area contributed by atoms with Crippen LogP contribution in [0.5, 0.6) is 0 Å². The quantitative estimate of drug-likeness (QED) is 0.531. The largest absolute Gasteiger partial charge is 0.345 e. The lowest BCUT2D eigenvalue weighted by Crippen LogP contribution is -2.19. The molecule has 0 aliphatic heterocycles. The van der Waals surface area contributed by atoms with Gasteiger partial charge in [-0.1, -0.05) is 6.07 Å². The first-order valence-electron chi connectivity index (χ1n) is 7.15. The molecule has 0 saturated carbocycles. The zero-order valence-electron chi connectivity index (χ0n) is 12.4. The van der Waals surface area contributed by atoms with E-state index in [0.29, 0.717) is 17.0 Å². The Morgan fingerprint density at radius 2 is 2.00 bits per heavy atom. The first-order chi connectivity index (χ1) is 11.8. The van der Waals surface area contributed by atoms with E-state index in [9.17, 15) is 4.79 Å². The van der Waals surface area contributed by atoms with E-state index in [1.54, 1.807) is 30.2 Å². The van der Waals surface area contributed by atoms with Gasteiger partial charge in [-0.25, -0.2) is 14.8 Å². The lowest BCUT2D eigenvalue weighted by atomic mass is 10.2. The van der Waals surface area contributed by atoms with Crippen molar-refractivity contribution in [1.82, 2.24) is 19.9 Å². The molecule has 118 valence electrons. The number of imidazole rings is 1. The molecule has 4 aromatic rings. The fourth-order valence-electron chi connectivity index (χ4n) is 2.29. The highest BCUT2D eigenvalue weighted by atomic mass is 32.1.